The normalized spacial score (nSPS) is 12.5. The molecule has 1 unspecified atom stereocenters. The Hall–Kier alpha value is -4.86. The number of esters is 1. The van der Waals surface area contributed by atoms with Gasteiger partial charge < -0.3 is 29.6 Å². The number of rotatable bonds is 12. The summed E-state index contributed by atoms with van der Waals surface area (Å²) in [6.07, 6.45) is 0.269. The topological polar surface area (TPSA) is 112 Å². The molecule has 2 N–H and O–H groups in total. The highest BCUT2D eigenvalue weighted by atomic mass is 19.1. The van der Waals surface area contributed by atoms with E-state index >= 15 is 4.39 Å². The minimum absolute atomic E-state index is 0.0129. The van der Waals surface area contributed by atoms with E-state index in [4.69, 9.17) is 18.9 Å². The van der Waals surface area contributed by atoms with Gasteiger partial charge in [-0.2, -0.15) is 0 Å². The van der Waals surface area contributed by atoms with Crippen molar-refractivity contribution in [1.29, 1.82) is 0 Å². The fourth-order valence-corrected chi connectivity index (χ4v) is 3.88. The Balaban J connectivity index is 1.73. The van der Waals surface area contributed by atoms with Gasteiger partial charge in [0.25, 0.3) is 0 Å². The number of hydrogen-bond donors (Lipinski definition) is 2. The molecule has 0 heterocycles. The molecule has 0 saturated carbocycles. The van der Waals surface area contributed by atoms with Crippen molar-refractivity contribution in [3.63, 3.8) is 0 Å². The molecule has 2 amide bonds. The van der Waals surface area contributed by atoms with E-state index in [1.165, 1.54) is 52.5 Å². The highest BCUT2D eigenvalue weighted by molar-refractivity contribution is 5.89. The molecule has 216 valence electrons. The minimum Gasteiger partial charge on any atom is -0.493 e. The first kappa shape index (κ1) is 30.7. The molecule has 0 fully saturated rings. The first-order valence-corrected chi connectivity index (χ1v) is 12.8. The molecule has 9 nitrogen and oxygen atoms in total. The molecule has 41 heavy (non-hydrogen) atoms. The minimum atomic E-state index is -1.27. The van der Waals surface area contributed by atoms with Crippen molar-refractivity contribution >= 4 is 18.0 Å². The smallest absolute Gasteiger partial charge is 0.408 e. The third-order valence-electron chi connectivity index (χ3n) is 6.15. The van der Waals surface area contributed by atoms with E-state index in [9.17, 15) is 14.4 Å². The fraction of sp³-hybridized carbons (Fsp3) is 0.258. The van der Waals surface area contributed by atoms with Crippen molar-refractivity contribution in [1.82, 2.24) is 10.6 Å². The monoisotopic (exact) mass is 564 g/mol. The highest BCUT2D eigenvalue weighted by Crippen LogP contribution is 2.28. The Kier molecular flexibility index (Phi) is 11.3. The van der Waals surface area contributed by atoms with Gasteiger partial charge in [0, 0.05) is 6.54 Å². The number of alkyl carbamates (subject to hydrolysis) is 1. The van der Waals surface area contributed by atoms with Crippen LogP contribution in [0, 0.1) is 5.92 Å². The van der Waals surface area contributed by atoms with Gasteiger partial charge in [-0.1, -0.05) is 48.5 Å². The van der Waals surface area contributed by atoms with Gasteiger partial charge in [0.05, 0.1) is 32.8 Å². The number of hydrogen-bond acceptors (Lipinski definition) is 7. The van der Waals surface area contributed by atoms with Gasteiger partial charge >= 0.3 is 12.1 Å². The Morgan fingerprint density at radius 3 is 2.20 bits per heavy atom. The summed E-state index contributed by atoms with van der Waals surface area (Å²) in [5.74, 6) is -1.57. The lowest BCUT2D eigenvalue weighted by Crippen LogP contribution is -2.31. The summed E-state index contributed by atoms with van der Waals surface area (Å²) in [6, 6.07) is 18.9. The van der Waals surface area contributed by atoms with Crippen LogP contribution in [0.3, 0.4) is 0 Å². The molecule has 0 aliphatic rings. The standard InChI is InChI=1S/C31H33FN2O7/c1-20(29(35)33-18-22-10-15-26(38-2)27(17-22)39-3)16-25(32)28(23-11-13-24(14-12-23)30(36)40-4)34-31(37)41-19-21-8-6-5-7-9-21/h5-17,20,28H,18-19H2,1-4H3,(H,33,35)(H,34,37)/b25-16-/t20-,28?/m1/s1. The Morgan fingerprint density at radius 2 is 1.56 bits per heavy atom. The summed E-state index contributed by atoms with van der Waals surface area (Å²) in [6.45, 7) is 1.71. The molecule has 2 atom stereocenters. The van der Waals surface area contributed by atoms with Crippen LogP contribution < -0.4 is 20.1 Å². The second-order valence-corrected chi connectivity index (χ2v) is 9.00. The lowest BCUT2D eigenvalue weighted by atomic mass is 10.0. The quantitative estimate of drug-likeness (QED) is 0.289. The molecule has 3 rings (SSSR count). The van der Waals surface area contributed by atoms with Crippen LogP contribution >= 0.6 is 0 Å². The van der Waals surface area contributed by atoms with E-state index in [2.05, 4.69) is 10.6 Å². The Labute approximate surface area is 238 Å². The molecule has 3 aromatic carbocycles. The lowest BCUT2D eigenvalue weighted by molar-refractivity contribution is -0.123. The molecule has 0 radical (unpaired) electrons. The maximum atomic E-state index is 15.6. The zero-order chi connectivity index (χ0) is 29.8. The molecule has 0 aromatic heterocycles. The Bertz CT molecular complexity index is 1360. The number of nitrogens with one attached hydrogen (secondary N) is 2. The van der Waals surface area contributed by atoms with Gasteiger partial charge in [0.2, 0.25) is 5.91 Å². The van der Waals surface area contributed by atoms with Crippen LogP contribution in [0.4, 0.5) is 9.18 Å². The van der Waals surface area contributed by atoms with Gasteiger partial charge in [0.1, 0.15) is 18.5 Å². The summed E-state index contributed by atoms with van der Waals surface area (Å²) in [4.78, 5) is 37.2. The summed E-state index contributed by atoms with van der Waals surface area (Å²) < 4.78 is 36.1. The second-order valence-electron chi connectivity index (χ2n) is 9.00. The molecule has 10 heteroatoms. The average molecular weight is 565 g/mol. The van der Waals surface area contributed by atoms with Crippen molar-refractivity contribution in [3.05, 3.63) is 107 Å². The largest absolute Gasteiger partial charge is 0.493 e. The van der Waals surface area contributed by atoms with E-state index in [0.29, 0.717) is 17.1 Å². The van der Waals surface area contributed by atoms with Gasteiger partial charge in [0.15, 0.2) is 11.5 Å². The molecule has 0 aliphatic carbocycles. The van der Waals surface area contributed by atoms with Crippen LogP contribution in [-0.4, -0.2) is 39.3 Å². The maximum absolute atomic E-state index is 15.6. The number of methoxy groups -OCH3 is 3. The Morgan fingerprint density at radius 1 is 0.878 bits per heavy atom. The van der Waals surface area contributed by atoms with Crippen LogP contribution in [0.2, 0.25) is 0 Å². The number of amides is 2. The highest BCUT2D eigenvalue weighted by Gasteiger charge is 2.23. The fourth-order valence-electron chi connectivity index (χ4n) is 3.88. The third kappa shape index (κ3) is 8.82. The number of carbonyl (C=O) groups is 3. The number of carbonyl (C=O) groups excluding carboxylic acids is 3. The summed E-state index contributed by atoms with van der Waals surface area (Å²) in [7, 11) is 4.30. The van der Waals surface area contributed by atoms with Gasteiger partial charge in [-0.3, -0.25) is 4.79 Å². The summed E-state index contributed by atoms with van der Waals surface area (Å²) in [5.41, 5.74) is 2.12. The second kappa shape index (κ2) is 15.1. The van der Waals surface area contributed by atoms with Crippen LogP contribution in [0.1, 0.15) is 40.0 Å². The summed E-state index contributed by atoms with van der Waals surface area (Å²) >= 11 is 0. The zero-order valence-electron chi connectivity index (χ0n) is 23.3. The molecule has 0 saturated heterocycles. The van der Waals surface area contributed by atoms with Crippen LogP contribution in [-0.2, 0) is 27.4 Å². The van der Waals surface area contributed by atoms with Crippen molar-refractivity contribution in [2.24, 2.45) is 5.92 Å². The van der Waals surface area contributed by atoms with E-state index in [-0.39, 0.29) is 18.7 Å². The number of halogens is 1. The van der Waals surface area contributed by atoms with Gasteiger partial charge in [-0.15, -0.1) is 0 Å². The van der Waals surface area contributed by atoms with E-state index in [0.717, 1.165) is 17.2 Å². The van der Waals surface area contributed by atoms with Crippen LogP contribution in [0.15, 0.2) is 84.7 Å². The van der Waals surface area contributed by atoms with Gasteiger partial charge in [-0.05, 0) is 54.0 Å². The molecule has 0 bridgehead atoms. The zero-order valence-corrected chi connectivity index (χ0v) is 23.3. The van der Waals surface area contributed by atoms with Crippen molar-refractivity contribution in [2.45, 2.75) is 26.1 Å². The number of ether oxygens (including phenoxy) is 4. The SMILES string of the molecule is COC(=O)c1ccc(C(NC(=O)OCc2ccccc2)/C(F)=C/[C@@H](C)C(=O)NCc2ccc(OC)c(OC)c2)cc1. The molecule has 0 spiro atoms. The molecular formula is C31H33FN2O7. The van der Waals surface area contributed by atoms with Crippen LogP contribution in [0.25, 0.3) is 0 Å². The predicted molar refractivity (Wildman–Crippen MR) is 150 cm³/mol. The molecule has 0 aliphatic heterocycles. The average Bonchev–Trinajstić information content (AvgIpc) is 3.01. The lowest BCUT2D eigenvalue weighted by Gasteiger charge is -2.19. The van der Waals surface area contributed by atoms with Crippen molar-refractivity contribution in [2.75, 3.05) is 21.3 Å². The first-order chi connectivity index (χ1) is 19.7. The molecule has 3 aromatic rings. The van der Waals surface area contributed by atoms with E-state index in [1.54, 1.807) is 30.3 Å². The third-order valence-corrected chi connectivity index (χ3v) is 6.15. The predicted octanol–water partition coefficient (Wildman–Crippen LogP) is 5.26. The van der Waals surface area contributed by atoms with Gasteiger partial charge in [-0.25, -0.2) is 14.0 Å². The summed E-state index contributed by atoms with van der Waals surface area (Å²) in [5, 5.41) is 5.28. The molecular weight excluding hydrogens is 531 g/mol. The van der Waals surface area contributed by atoms with Crippen molar-refractivity contribution in [3.8, 4) is 11.5 Å². The maximum Gasteiger partial charge on any atom is 0.408 e. The first-order valence-electron chi connectivity index (χ1n) is 12.8. The van der Waals surface area contributed by atoms with E-state index in [1.807, 2.05) is 18.2 Å². The van der Waals surface area contributed by atoms with E-state index < -0.39 is 35.8 Å². The van der Waals surface area contributed by atoms with Crippen LogP contribution in [0.5, 0.6) is 11.5 Å². The number of benzene rings is 3. The van der Waals surface area contributed by atoms with Crippen molar-refractivity contribution < 1.29 is 37.7 Å².